The van der Waals surface area contributed by atoms with Gasteiger partial charge in [0.05, 0.1) is 12.9 Å². The Morgan fingerprint density at radius 3 is 2.65 bits per heavy atom. The van der Waals surface area contributed by atoms with Crippen LogP contribution in [0.1, 0.15) is 17.8 Å². The Morgan fingerprint density at radius 1 is 1.23 bits per heavy atom. The van der Waals surface area contributed by atoms with Crippen LogP contribution < -0.4 is 10.1 Å². The van der Waals surface area contributed by atoms with E-state index < -0.39 is 0 Å². The second kappa shape index (κ2) is 8.28. The molecule has 0 aliphatic heterocycles. The van der Waals surface area contributed by atoms with Crippen molar-refractivity contribution in [2.24, 2.45) is 0 Å². The number of aromatic nitrogens is 5. The molecule has 0 spiro atoms. The van der Waals surface area contributed by atoms with E-state index >= 15 is 0 Å². The molecule has 26 heavy (non-hydrogen) atoms. The van der Waals surface area contributed by atoms with E-state index in [0.29, 0.717) is 10.3 Å². The van der Waals surface area contributed by atoms with E-state index in [2.05, 4.69) is 25.7 Å². The summed E-state index contributed by atoms with van der Waals surface area (Å²) in [7, 11) is 1.63. The maximum atomic E-state index is 12.2. The molecule has 2 aromatic heterocycles. The maximum Gasteiger partial charge on any atom is 0.236 e. The highest BCUT2D eigenvalue weighted by Gasteiger charge is 2.14. The number of carbonyl (C=O) groups is 1. The zero-order valence-corrected chi connectivity index (χ0v) is 16.2. The molecule has 0 unspecified atom stereocenters. The number of methoxy groups -OCH3 is 1. The highest BCUT2D eigenvalue weighted by molar-refractivity contribution is 7.99. The monoisotopic (exact) mass is 390 g/mol. The van der Waals surface area contributed by atoms with Crippen LogP contribution in [0, 0.1) is 6.92 Å². The third-order valence-corrected chi connectivity index (χ3v) is 5.39. The van der Waals surface area contributed by atoms with Gasteiger partial charge >= 0.3 is 0 Å². The Kier molecular flexibility index (Phi) is 5.84. The fraction of sp³-hybridized carbons (Fsp3) is 0.312. The second-order valence-electron chi connectivity index (χ2n) is 5.25. The molecule has 2 heterocycles. The van der Waals surface area contributed by atoms with E-state index in [1.54, 1.807) is 7.11 Å². The lowest BCUT2D eigenvalue weighted by Gasteiger charge is -2.09. The van der Waals surface area contributed by atoms with Crippen molar-refractivity contribution in [1.29, 1.82) is 0 Å². The minimum absolute atomic E-state index is 0.157. The maximum absolute atomic E-state index is 12.2. The van der Waals surface area contributed by atoms with Crippen LogP contribution in [0.4, 0.5) is 5.13 Å². The predicted molar refractivity (Wildman–Crippen MR) is 101 cm³/mol. The van der Waals surface area contributed by atoms with Crippen LogP contribution in [0.5, 0.6) is 5.75 Å². The Morgan fingerprint density at radius 2 is 2.00 bits per heavy atom. The number of carbonyl (C=O) groups excluding carboxylic acids is 1. The number of amides is 1. The molecule has 0 fully saturated rings. The Hall–Kier alpha value is -2.46. The van der Waals surface area contributed by atoms with Gasteiger partial charge in [0.2, 0.25) is 11.0 Å². The van der Waals surface area contributed by atoms with Gasteiger partial charge in [-0.15, -0.1) is 20.4 Å². The number of aryl methyl sites for hydroxylation is 2. The summed E-state index contributed by atoms with van der Waals surface area (Å²) >= 11 is 2.70. The number of hydrogen-bond acceptors (Lipinski definition) is 8. The van der Waals surface area contributed by atoms with E-state index in [-0.39, 0.29) is 11.7 Å². The molecule has 136 valence electrons. The summed E-state index contributed by atoms with van der Waals surface area (Å²) in [6.45, 7) is 3.87. The molecule has 8 nitrogen and oxygen atoms in total. The van der Waals surface area contributed by atoms with Crippen molar-refractivity contribution in [3.8, 4) is 11.4 Å². The molecule has 1 amide bonds. The van der Waals surface area contributed by atoms with Crippen molar-refractivity contribution >= 4 is 34.1 Å². The molecule has 0 atom stereocenters. The molecule has 10 heteroatoms. The SMILES string of the molecule is CCc1nnc(NC(=O)CSc2nnc(C)n2-c2ccc(OC)cc2)s1. The van der Waals surface area contributed by atoms with Crippen LogP contribution in [0.2, 0.25) is 0 Å². The van der Waals surface area contributed by atoms with Gasteiger partial charge in [0.1, 0.15) is 16.6 Å². The van der Waals surface area contributed by atoms with Crippen molar-refractivity contribution in [1.82, 2.24) is 25.0 Å². The van der Waals surface area contributed by atoms with E-state index in [1.807, 2.05) is 42.7 Å². The molecule has 0 aliphatic carbocycles. The third-order valence-electron chi connectivity index (χ3n) is 3.47. The van der Waals surface area contributed by atoms with Crippen LogP contribution in [0.15, 0.2) is 29.4 Å². The number of nitrogens with one attached hydrogen (secondary N) is 1. The summed E-state index contributed by atoms with van der Waals surface area (Å²) in [4.78, 5) is 12.2. The molecule has 0 radical (unpaired) electrons. The minimum Gasteiger partial charge on any atom is -0.497 e. The Labute approximate surface area is 159 Å². The molecule has 1 aromatic carbocycles. The number of ether oxygens (including phenoxy) is 1. The first-order valence-electron chi connectivity index (χ1n) is 7.92. The van der Waals surface area contributed by atoms with Crippen molar-refractivity contribution in [2.75, 3.05) is 18.2 Å². The van der Waals surface area contributed by atoms with E-state index in [1.165, 1.54) is 23.1 Å². The van der Waals surface area contributed by atoms with Crippen molar-refractivity contribution in [3.05, 3.63) is 35.1 Å². The number of thioether (sulfide) groups is 1. The van der Waals surface area contributed by atoms with E-state index in [0.717, 1.165) is 28.7 Å². The van der Waals surface area contributed by atoms with Gasteiger partial charge in [-0.05, 0) is 37.6 Å². The first-order valence-corrected chi connectivity index (χ1v) is 9.72. The van der Waals surface area contributed by atoms with Crippen molar-refractivity contribution < 1.29 is 9.53 Å². The third kappa shape index (κ3) is 4.20. The Bertz CT molecular complexity index is 891. The highest BCUT2D eigenvalue weighted by Crippen LogP contribution is 2.24. The number of anilines is 1. The van der Waals surface area contributed by atoms with Gasteiger partial charge in [-0.3, -0.25) is 14.7 Å². The fourth-order valence-corrected chi connectivity index (χ4v) is 3.69. The Balaban J connectivity index is 1.67. The quantitative estimate of drug-likeness (QED) is 0.620. The minimum atomic E-state index is -0.157. The molecule has 0 saturated heterocycles. The van der Waals surface area contributed by atoms with Gasteiger partial charge in [-0.25, -0.2) is 0 Å². The lowest BCUT2D eigenvalue weighted by molar-refractivity contribution is -0.113. The lowest BCUT2D eigenvalue weighted by Crippen LogP contribution is -2.14. The van der Waals surface area contributed by atoms with Gasteiger partial charge in [0, 0.05) is 5.69 Å². The topological polar surface area (TPSA) is 94.8 Å². The molecular weight excluding hydrogens is 372 g/mol. The normalized spacial score (nSPS) is 10.7. The largest absolute Gasteiger partial charge is 0.497 e. The summed E-state index contributed by atoms with van der Waals surface area (Å²) in [5, 5.41) is 21.0. The van der Waals surface area contributed by atoms with Crippen molar-refractivity contribution in [3.63, 3.8) is 0 Å². The fourth-order valence-electron chi connectivity index (χ4n) is 2.20. The highest BCUT2D eigenvalue weighted by atomic mass is 32.2. The average Bonchev–Trinajstić information content (AvgIpc) is 3.26. The summed E-state index contributed by atoms with van der Waals surface area (Å²) in [5.74, 6) is 1.57. The second-order valence-corrected chi connectivity index (χ2v) is 7.26. The van der Waals surface area contributed by atoms with Crippen molar-refractivity contribution in [2.45, 2.75) is 25.4 Å². The lowest BCUT2D eigenvalue weighted by atomic mass is 10.3. The molecule has 3 aromatic rings. The smallest absolute Gasteiger partial charge is 0.236 e. The molecular formula is C16H18N6O2S2. The number of rotatable bonds is 7. The van der Waals surface area contributed by atoms with Gasteiger partial charge in [0.15, 0.2) is 5.16 Å². The zero-order chi connectivity index (χ0) is 18.5. The van der Waals surface area contributed by atoms with Crippen LogP contribution in [-0.4, -0.2) is 43.7 Å². The van der Waals surface area contributed by atoms with E-state index in [9.17, 15) is 4.79 Å². The summed E-state index contributed by atoms with van der Waals surface area (Å²) in [5.41, 5.74) is 0.910. The summed E-state index contributed by atoms with van der Waals surface area (Å²) in [6.07, 6.45) is 0.798. The molecule has 0 saturated carbocycles. The van der Waals surface area contributed by atoms with Crippen LogP contribution in [-0.2, 0) is 11.2 Å². The molecule has 1 N–H and O–H groups in total. The molecule has 0 aliphatic rings. The van der Waals surface area contributed by atoms with Gasteiger partial charge in [-0.1, -0.05) is 30.0 Å². The van der Waals surface area contributed by atoms with E-state index in [4.69, 9.17) is 4.74 Å². The standard InChI is InChI=1S/C16H18N6O2S2/c1-4-14-19-20-15(26-14)17-13(23)9-25-16-21-18-10(2)22(16)11-5-7-12(24-3)8-6-11/h5-8H,4,9H2,1-3H3,(H,17,20,23). The molecule has 3 rings (SSSR count). The predicted octanol–water partition coefficient (Wildman–Crippen LogP) is 2.73. The number of hydrogen-bond donors (Lipinski definition) is 1. The van der Waals surface area contributed by atoms with Crippen LogP contribution in [0.3, 0.4) is 0 Å². The summed E-state index contributed by atoms with van der Waals surface area (Å²) < 4.78 is 7.08. The van der Waals surface area contributed by atoms with Gasteiger partial charge in [-0.2, -0.15) is 0 Å². The van der Waals surface area contributed by atoms with Crippen LogP contribution >= 0.6 is 23.1 Å². The molecule has 0 bridgehead atoms. The number of benzene rings is 1. The number of nitrogens with zero attached hydrogens (tertiary/aromatic N) is 5. The zero-order valence-electron chi connectivity index (χ0n) is 14.6. The first-order chi connectivity index (χ1) is 12.6. The van der Waals surface area contributed by atoms with Gasteiger partial charge < -0.3 is 4.74 Å². The first kappa shape index (κ1) is 18.3. The van der Waals surface area contributed by atoms with Crippen LogP contribution in [0.25, 0.3) is 5.69 Å². The van der Waals surface area contributed by atoms with Gasteiger partial charge in [0.25, 0.3) is 0 Å². The summed E-state index contributed by atoms with van der Waals surface area (Å²) in [6, 6.07) is 7.59. The average molecular weight is 390 g/mol.